The van der Waals surface area contributed by atoms with Crippen molar-refractivity contribution in [3.05, 3.63) is 34.9 Å². The molecule has 0 fully saturated rings. The third-order valence-electron chi connectivity index (χ3n) is 2.79. The van der Waals surface area contributed by atoms with Crippen molar-refractivity contribution in [2.75, 3.05) is 18.6 Å². The number of thioether (sulfide) groups is 1. The van der Waals surface area contributed by atoms with Gasteiger partial charge < -0.3 is 5.32 Å². The molecule has 0 spiro atoms. The number of hydrogen-bond acceptors (Lipinski definition) is 2. The van der Waals surface area contributed by atoms with Gasteiger partial charge in [0.05, 0.1) is 0 Å². The molecular formula is C14H23NS. The molecule has 1 N–H and O–H groups in total. The molecular weight excluding hydrogens is 214 g/mol. The van der Waals surface area contributed by atoms with Crippen LogP contribution in [0.1, 0.15) is 36.1 Å². The van der Waals surface area contributed by atoms with Gasteiger partial charge in [0.25, 0.3) is 0 Å². The number of aryl methyl sites for hydroxylation is 2. The van der Waals surface area contributed by atoms with Crippen molar-refractivity contribution in [1.82, 2.24) is 5.32 Å². The Balaban J connectivity index is 2.73. The molecule has 1 unspecified atom stereocenters. The van der Waals surface area contributed by atoms with Gasteiger partial charge >= 0.3 is 0 Å². The molecule has 0 heterocycles. The molecule has 0 bridgehead atoms. The van der Waals surface area contributed by atoms with Crippen molar-refractivity contribution in [3.63, 3.8) is 0 Å². The molecule has 0 saturated heterocycles. The second-order valence-electron chi connectivity index (χ2n) is 4.28. The summed E-state index contributed by atoms with van der Waals surface area (Å²) >= 11 is 2.03. The molecule has 0 aliphatic heterocycles. The molecule has 2 heteroatoms. The zero-order valence-electron chi connectivity index (χ0n) is 10.8. The highest BCUT2D eigenvalue weighted by Gasteiger charge is 2.11. The highest BCUT2D eigenvalue weighted by Crippen LogP contribution is 2.22. The number of benzene rings is 1. The number of hydrogen-bond donors (Lipinski definition) is 1. The predicted molar refractivity (Wildman–Crippen MR) is 75.3 cm³/mol. The maximum atomic E-state index is 3.42. The Morgan fingerprint density at radius 1 is 1.31 bits per heavy atom. The summed E-state index contributed by atoms with van der Waals surface area (Å²) in [5.74, 6) is 2.41. The third kappa shape index (κ3) is 3.84. The van der Waals surface area contributed by atoms with Gasteiger partial charge in [-0.1, -0.05) is 30.7 Å². The fourth-order valence-corrected chi connectivity index (χ4v) is 2.85. The molecule has 1 nitrogen and oxygen atoms in total. The predicted octanol–water partition coefficient (Wildman–Crippen LogP) is 3.71. The fourth-order valence-electron chi connectivity index (χ4n) is 1.81. The Bertz CT molecular complexity index is 323. The normalized spacial score (nSPS) is 12.8. The summed E-state index contributed by atoms with van der Waals surface area (Å²) in [5, 5.41) is 3.42. The molecule has 1 aromatic carbocycles. The van der Waals surface area contributed by atoms with Crippen molar-refractivity contribution in [2.45, 2.75) is 33.2 Å². The largest absolute Gasteiger partial charge is 0.312 e. The van der Waals surface area contributed by atoms with Crippen LogP contribution in [0, 0.1) is 13.8 Å². The van der Waals surface area contributed by atoms with E-state index in [2.05, 4.69) is 51.3 Å². The van der Waals surface area contributed by atoms with E-state index in [9.17, 15) is 0 Å². The molecule has 0 saturated carbocycles. The Labute approximate surface area is 104 Å². The van der Waals surface area contributed by atoms with Gasteiger partial charge in [-0.3, -0.25) is 0 Å². The zero-order valence-corrected chi connectivity index (χ0v) is 11.7. The van der Waals surface area contributed by atoms with E-state index in [4.69, 9.17) is 0 Å². The highest BCUT2D eigenvalue weighted by molar-refractivity contribution is 7.99. The lowest BCUT2D eigenvalue weighted by atomic mass is 10.0. The van der Waals surface area contributed by atoms with Gasteiger partial charge in [-0.05, 0) is 44.2 Å². The summed E-state index contributed by atoms with van der Waals surface area (Å²) in [4.78, 5) is 0. The average molecular weight is 237 g/mol. The van der Waals surface area contributed by atoms with Crippen LogP contribution >= 0.6 is 11.8 Å². The fraction of sp³-hybridized carbons (Fsp3) is 0.571. The minimum absolute atomic E-state index is 0.483. The molecule has 1 rings (SSSR count). The van der Waals surface area contributed by atoms with Crippen LogP contribution in [0.15, 0.2) is 18.2 Å². The minimum Gasteiger partial charge on any atom is -0.312 e. The van der Waals surface area contributed by atoms with Gasteiger partial charge in [0.1, 0.15) is 0 Å². The Morgan fingerprint density at radius 3 is 2.69 bits per heavy atom. The van der Waals surface area contributed by atoms with Gasteiger partial charge in [-0.25, -0.2) is 0 Å². The van der Waals surface area contributed by atoms with Crippen LogP contribution in [0.4, 0.5) is 0 Å². The first-order valence-electron chi connectivity index (χ1n) is 6.01. The molecule has 0 aliphatic rings. The van der Waals surface area contributed by atoms with Crippen LogP contribution < -0.4 is 5.32 Å². The number of rotatable bonds is 6. The maximum Gasteiger partial charge on any atom is 0.0412 e. The number of nitrogens with one attached hydrogen (secondary N) is 1. The lowest BCUT2D eigenvalue weighted by Crippen LogP contribution is -2.20. The summed E-state index contributed by atoms with van der Waals surface area (Å²) in [5.41, 5.74) is 4.19. The first-order chi connectivity index (χ1) is 7.69. The Hall–Kier alpha value is -0.470. The van der Waals surface area contributed by atoms with Crippen LogP contribution in [-0.2, 0) is 0 Å². The quantitative estimate of drug-likeness (QED) is 0.757. The van der Waals surface area contributed by atoms with Crippen molar-refractivity contribution < 1.29 is 0 Å². The van der Waals surface area contributed by atoms with Crippen molar-refractivity contribution >= 4 is 11.8 Å². The maximum absolute atomic E-state index is 3.42. The Morgan fingerprint density at radius 2 is 2.06 bits per heavy atom. The molecule has 0 aromatic heterocycles. The van der Waals surface area contributed by atoms with E-state index < -0.39 is 0 Å². The van der Waals surface area contributed by atoms with Crippen LogP contribution in [0.25, 0.3) is 0 Å². The molecule has 0 radical (unpaired) electrons. The van der Waals surface area contributed by atoms with Crippen LogP contribution in [0.5, 0.6) is 0 Å². The molecule has 16 heavy (non-hydrogen) atoms. The molecule has 1 atom stereocenters. The lowest BCUT2D eigenvalue weighted by molar-refractivity contribution is 0.657. The summed E-state index contributed by atoms with van der Waals surface area (Å²) in [7, 11) is 2.05. The van der Waals surface area contributed by atoms with Crippen molar-refractivity contribution in [1.29, 1.82) is 0 Å². The summed E-state index contributed by atoms with van der Waals surface area (Å²) < 4.78 is 0. The van der Waals surface area contributed by atoms with Gasteiger partial charge in [0.2, 0.25) is 0 Å². The molecule has 1 aromatic rings. The van der Waals surface area contributed by atoms with Crippen molar-refractivity contribution in [3.8, 4) is 0 Å². The van der Waals surface area contributed by atoms with E-state index in [0.29, 0.717) is 6.04 Å². The molecule has 90 valence electrons. The average Bonchev–Trinajstić information content (AvgIpc) is 2.28. The van der Waals surface area contributed by atoms with Gasteiger partial charge in [0.15, 0.2) is 0 Å². The summed E-state index contributed by atoms with van der Waals surface area (Å²) in [6, 6.07) is 7.20. The van der Waals surface area contributed by atoms with E-state index >= 15 is 0 Å². The molecule has 0 amide bonds. The minimum atomic E-state index is 0.483. The summed E-state index contributed by atoms with van der Waals surface area (Å²) in [6.07, 6.45) is 1.26. The van der Waals surface area contributed by atoms with Gasteiger partial charge in [-0.15, -0.1) is 0 Å². The van der Waals surface area contributed by atoms with Gasteiger partial charge in [0, 0.05) is 11.8 Å². The SMILES string of the molecule is CCCSCC(NC)c1cc(C)ccc1C. The topological polar surface area (TPSA) is 12.0 Å². The van der Waals surface area contributed by atoms with Crippen molar-refractivity contribution in [2.24, 2.45) is 0 Å². The van der Waals surface area contributed by atoms with E-state index in [0.717, 1.165) is 5.75 Å². The smallest absolute Gasteiger partial charge is 0.0412 e. The monoisotopic (exact) mass is 237 g/mol. The lowest BCUT2D eigenvalue weighted by Gasteiger charge is -2.19. The van der Waals surface area contributed by atoms with E-state index in [-0.39, 0.29) is 0 Å². The molecule has 0 aliphatic carbocycles. The van der Waals surface area contributed by atoms with Crippen LogP contribution in [0.2, 0.25) is 0 Å². The third-order valence-corrected chi connectivity index (χ3v) is 4.06. The highest BCUT2D eigenvalue weighted by atomic mass is 32.2. The van der Waals surface area contributed by atoms with Crippen LogP contribution in [-0.4, -0.2) is 18.6 Å². The van der Waals surface area contributed by atoms with Gasteiger partial charge in [-0.2, -0.15) is 11.8 Å². The second-order valence-corrected chi connectivity index (χ2v) is 5.43. The Kier molecular flexibility index (Phi) is 5.93. The second kappa shape index (κ2) is 6.97. The zero-order chi connectivity index (χ0) is 12.0. The standard InChI is InChI=1S/C14H23NS/c1-5-8-16-10-14(15-4)13-9-11(2)6-7-12(13)3/h6-7,9,14-15H,5,8,10H2,1-4H3. The first kappa shape index (κ1) is 13.6. The van der Waals surface area contributed by atoms with E-state index in [1.54, 1.807) is 0 Å². The summed E-state index contributed by atoms with van der Waals surface area (Å²) in [6.45, 7) is 6.59. The van der Waals surface area contributed by atoms with Crippen LogP contribution in [0.3, 0.4) is 0 Å². The van der Waals surface area contributed by atoms with E-state index in [1.807, 2.05) is 11.8 Å². The first-order valence-corrected chi connectivity index (χ1v) is 7.16. The van der Waals surface area contributed by atoms with E-state index in [1.165, 1.54) is 28.9 Å².